The third-order valence-electron chi connectivity index (χ3n) is 11.6. The van der Waals surface area contributed by atoms with E-state index in [4.69, 9.17) is 15.3 Å². The number of carbonyl (C=O) groups is 2. The lowest BCUT2D eigenvalue weighted by molar-refractivity contribution is -0.168. The van der Waals surface area contributed by atoms with Crippen LogP contribution >= 0.6 is 0 Å². The van der Waals surface area contributed by atoms with E-state index in [0.717, 1.165) is 44.4 Å². The second kappa shape index (κ2) is 13.6. The van der Waals surface area contributed by atoms with Crippen molar-refractivity contribution in [2.75, 3.05) is 34.4 Å². The monoisotopic (exact) mass is 576 g/mol. The first kappa shape index (κ1) is 31.2. The summed E-state index contributed by atoms with van der Waals surface area (Å²) < 4.78 is 6.24. The molecule has 234 valence electrons. The zero-order valence-electron chi connectivity index (χ0n) is 25.9. The number of nitrogens with zero attached hydrogens (tertiary/aromatic N) is 2. The van der Waals surface area contributed by atoms with E-state index in [9.17, 15) is 14.7 Å². The third-order valence-corrected chi connectivity index (χ3v) is 11.6. The number of carbonyl (C=O) groups excluding carboxylic acids is 2. The van der Waals surface area contributed by atoms with E-state index < -0.39 is 18.1 Å². The number of primary amides is 1. The Morgan fingerprint density at radius 2 is 1.78 bits per heavy atom. The number of nitrogens with one attached hydrogen (secondary N) is 1. The maximum Gasteiger partial charge on any atom is 0.237 e. The number of hydroxylamine groups is 2. The minimum Gasteiger partial charge on any atom is -0.393 e. The van der Waals surface area contributed by atoms with Gasteiger partial charge in [-0.25, -0.2) is 0 Å². The summed E-state index contributed by atoms with van der Waals surface area (Å²) >= 11 is 0. The van der Waals surface area contributed by atoms with Crippen LogP contribution in [0.25, 0.3) is 0 Å². The maximum atomic E-state index is 13.7. The van der Waals surface area contributed by atoms with Crippen LogP contribution in [-0.2, 0) is 19.2 Å². The summed E-state index contributed by atoms with van der Waals surface area (Å²) in [4.78, 5) is 34.2. The molecule has 0 aromatic heterocycles. The highest BCUT2D eigenvalue weighted by atomic mass is 16.7. The van der Waals surface area contributed by atoms with Crippen LogP contribution in [0.2, 0.25) is 0 Å². The van der Waals surface area contributed by atoms with Gasteiger partial charge < -0.3 is 25.8 Å². The van der Waals surface area contributed by atoms with Crippen LogP contribution in [0, 0.1) is 41.4 Å². The highest BCUT2D eigenvalue weighted by Gasteiger charge is 2.49. The minimum atomic E-state index is -0.670. The largest absolute Gasteiger partial charge is 0.393 e. The van der Waals surface area contributed by atoms with Crippen LogP contribution in [0.15, 0.2) is 0 Å². The number of rotatable bonds is 10. The van der Waals surface area contributed by atoms with Crippen molar-refractivity contribution in [1.82, 2.24) is 15.3 Å². The third kappa shape index (κ3) is 7.11. The van der Waals surface area contributed by atoms with Crippen LogP contribution < -0.4 is 11.1 Å². The molecular formula is C32H56N4O5. The van der Waals surface area contributed by atoms with E-state index in [1.54, 1.807) is 19.1 Å². The molecule has 1 heterocycles. The summed E-state index contributed by atoms with van der Waals surface area (Å²) in [7, 11) is 6.10. The number of hydrogen-bond acceptors (Lipinski definition) is 7. The molecule has 0 spiro atoms. The first-order chi connectivity index (χ1) is 19.7. The second-order valence-electron chi connectivity index (χ2n) is 14.4. The van der Waals surface area contributed by atoms with E-state index >= 15 is 0 Å². The Hall–Kier alpha value is -1.26. The molecule has 0 radical (unpaired) electrons. The molecular weight excluding hydrogens is 520 g/mol. The van der Waals surface area contributed by atoms with Gasteiger partial charge in [-0.2, -0.15) is 5.06 Å². The van der Waals surface area contributed by atoms with Crippen molar-refractivity contribution in [2.45, 2.75) is 114 Å². The van der Waals surface area contributed by atoms with Crippen LogP contribution in [0.3, 0.4) is 0 Å². The van der Waals surface area contributed by atoms with Crippen LogP contribution in [0.4, 0.5) is 0 Å². The van der Waals surface area contributed by atoms with Crippen molar-refractivity contribution in [3.8, 4) is 0 Å². The predicted octanol–water partition coefficient (Wildman–Crippen LogP) is 2.95. The van der Waals surface area contributed by atoms with Crippen molar-refractivity contribution in [1.29, 1.82) is 0 Å². The Morgan fingerprint density at radius 1 is 1.02 bits per heavy atom. The average molecular weight is 577 g/mol. The smallest absolute Gasteiger partial charge is 0.237 e. The van der Waals surface area contributed by atoms with Gasteiger partial charge in [0.25, 0.3) is 0 Å². The van der Waals surface area contributed by atoms with Gasteiger partial charge in [0.05, 0.1) is 18.8 Å². The number of hydrogen-bond donors (Lipinski definition) is 3. The Kier molecular flexibility index (Phi) is 10.3. The number of amides is 2. The second-order valence-corrected chi connectivity index (χ2v) is 14.4. The van der Waals surface area contributed by atoms with Crippen LogP contribution in [-0.4, -0.2) is 91.6 Å². The summed E-state index contributed by atoms with van der Waals surface area (Å²) in [6.45, 7) is 2.55. The number of aliphatic hydroxyl groups excluding tert-OH is 1. The van der Waals surface area contributed by atoms with Gasteiger partial charge in [0.2, 0.25) is 11.8 Å². The average Bonchev–Trinajstić information content (AvgIpc) is 3.59. The fourth-order valence-electron chi connectivity index (χ4n) is 9.16. The normalized spacial score (nSPS) is 41.3. The predicted molar refractivity (Wildman–Crippen MR) is 157 cm³/mol. The molecule has 5 aliphatic rings. The number of aliphatic hydroxyl groups is 1. The summed E-state index contributed by atoms with van der Waals surface area (Å²) in [6.07, 6.45) is 13.4. The molecule has 7 unspecified atom stereocenters. The van der Waals surface area contributed by atoms with E-state index in [1.165, 1.54) is 38.5 Å². The molecule has 1 saturated heterocycles. The van der Waals surface area contributed by atoms with Crippen molar-refractivity contribution < 1.29 is 24.3 Å². The van der Waals surface area contributed by atoms with Gasteiger partial charge in [0.1, 0.15) is 6.04 Å². The summed E-state index contributed by atoms with van der Waals surface area (Å²) in [5, 5.41) is 15.4. The van der Waals surface area contributed by atoms with Crippen LogP contribution in [0.1, 0.15) is 84.0 Å². The minimum absolute atomic E-state index is 0.0280. The molecule has 4 aliphatic carbocycles. The van der Waals surface area contributed by atoms with Crippen molar-refractivity contribution in [2.24, 2.45) is 47.2 Å². The molecule has 11 atom stereocenters. The molecule has 1 aliphatic heterocycles. The fraction of sp³-hybridized carbons (Fsp3) is 0.938. The van der Waals surface area contributed by atoms with Crippen LogP contribution in [0.5, 0.6) is 0 Å². The standard InChI is InChI=1S/C32H56N4O5/c1-19(37)27-18-41-36(29(27)31(33)38)17-21-11-8-12-25(30(21)40-4)22-13-23(15-24(14-22)35(2)3)32(39)34-28-16-26(28)20-9-6-5-7-10-20/h19-30,37H,5-18H2,1-4H3,(H2,33,38)(H,34,39)/t19-,21?,22?,23?,24?,25?,26?,27-,28-,29-,30?/m0/s1. The Morgan fingerprint density at radius 3 is 2.44 bits per heavy atom. The van der Waals surface area contributed by atoms with E-state index in [1.807, 2.05) is 0 Å². The Bertz CT molecular complexity index is 895. The summed E-state index contributed by atoms with van der Waals surface area (Å²) in [5.41, 5.74) is 5.76. The van der Waals surface area contributed by atoms with E-state index in [0.29, 0.717) is 43.0 Å². The molecule has 2 amide bonds. The van der Waals surface area contributed by atoms with Gasteiger partial charge in [-0.15, -0.1) is 0 Å². The molecule has 5 fully saturated rings. The Labute approximate surface area is 247 Å². The zero-order valence-corrected chi connectivity index (χ0v) is 25.9. The van der Waals surface area contributed by atoms with Crippen molar-refractivity contribution >= 4 is 11.8 Å². The summed E-state index contributed by atoms with van der Waals surface area (Å²) in [6, 6.07) is 0.135. The summed E-state index contributed by atoms with van der Waals surface area (Å²) in [5.74, 6) is 2.01. The zero-order chi connectivity index (χ0) is 29.3. The molecule has 4 N–H and O–H groups in total. The number of methoxy groups -OCH3 is 1. The molecule has 9 nitrogen and oxygen atoms in total. The topological polar surface area (TPSA) is 117 Å². The highest BCUT2D eigenvalue weighted by Crippen LogP contribution is 2.47. The lowest BCUT2D eigenvalue weighted by atomic mass is 9.65. The molecule has 41 heavy (non-hydrogen) atoms. The van der Waals surface area contributed by atoms with Gasteiger partial charge in [-0.1, -0.05) is 38.5 Å². The Balaban J connectivity index is 1.23. The lowest BCUT2D eigenvalue weighted by Crippen LogP contribution is -2.51. The lowest BCUT2D eigenvalue weighted by Gasteiger charge is -2.47. The molecule has 0 aromatic rings. The maximum absolute atomic E-state index is 13.7. The number of nitrogens with two attached hydrogens (primary N) is 1. The van der Waals surface area contributed by atoms with Crippen molar-refractivity contribution in [3.05, 3.63) is 0 Å². The first-order valence-electron chi connectivity index (χ1n) is 16.5. The molecule has 5 rings (SSSR count). The van der Waals surface area contributed by atoms with Gasteiger partial charge in [-0.05, 0) is 83.2 Å². The number of ether oxygens (including phenoxy) is 1. The van der Waals surface area contributed by atoms with Gasteiger partial charge >= 0.3 is 0 Å². The van der Waals surface area contributed by atoms with Gasteiger partial charge in [-0.3, -0.25) is 14.4 Å². The van der Waals surface area contributed by atoms with E-state index in [2.05, 4.69) is 24.3 Å². The first-order valence-corrected chi connectivity index (χ1v) is 16.5. The molecule has 4 saturated carbocycles. The van der Waals surface area contributed by atoms with E-state index in [-0.39, 0.29) is 29.8 Å². The van der Waals surface area contributed by atoms with Gasteiger partial charge in [0.15, 0.2) is 0 Å². The SMILES string of the molecule is COC1C(CN2OC[C@@H]([C@H](C)O)[C@H]2C(N)=O)CCCC1C1CC(C(=O)N[C@H]2CC2C2CCCCC2)CC(N(C)C)C1. The molecule has 0 bridgehead atoms. The molecule has 0 aromatic carbocycles. The molecule has 9 heteroatoms. The van der Waals surface area contributed by atoms with Crippen molar-refractivity contribution in [3.63, 3.8) is 0 Å². The highest BCUT2D eigenvalue weighted by molar-refractivity contribution is 5.80. The fourth-order valence-corrected chi connectivity index (χ4v) is 9.16. The van der Waals surface area contributed by atoms with Gasteiger partial charge in [0, 0.05) is 43.5 Å². The quantitative estimate of drug-likeness (QED) is 0.366.